The third-order valence-corrected chi connectivity index (χ3v) is 9.44. The first kappa shape index (κ1) is 28.1. The lowest BCUT2D eigenvalue weighted by atomic mass is 9.65. The number of aryl methyl sites for hydroxylation is 1. The van der Waals surface area contributed by atoms with Gasteiger partial charge in [-0.2, -0.15) is 0 Å². The highest BCUT2D eigenvalue weighted by Crippen LogP contribution is 2.56. The first-order valence-electron chi connectivity index (χ1n) is 13.5. The number of rotatable bonds is 6. The second-order valence-electron chi connectivity index (χ2n) is 11.0. The molecular formula is C29H36N6O4S. The number of piperidine rings is 1. The molecule has 40 heavy (non-hydrogen) atoms. The Morgan fingerprint density at radius 1 is 1.27 bits per heavy atom. The van der Waals surface area contributed by atoms with Gasteiger partial charge in [-0.05, 0) is 62.9 Å². The maximum absolute atomic E-state index is 14.1. The number of nitrogens with zero attached hydrogens (tertiary/aromatic N) is 2. The molecule has 0 radical (unpaired) electrons. The van der Waals surface area contributed by atoms with E-state index in [0.29, 0.717) is 41.5 Å². The van der Waals surface area contributed by atoms with Gasteiger partial charge < -0.3 is 32.2 Å². The summed E-state index contributed by atoms with van der Waals surface area (Å²) in [7, 11) is 0. The van der Waals surface area contributed by atoms with Crippen LogP contribution in [0.3, 0.4) is 0 Å². The van der Waals surface area contributed by atoms with Gasteiger partial charge in [0, 0.05) is 53.0 Å². The fourth-order valence-corrected chi connectivity index (χ4v) is 7.62. The minimum atomic E-state index is -1.57. The standard InChI is InChI=1S/C29H36N6O4S/c1-5-21(36)35-12-6-7-16(13-35)34-28(38)26-23-22-18(8-10-19(30)25(22)40-26)29(32,27(37)24(23)31)17-9-11-20(33-15(17)4)39-14(2)3/h5,8-11,14,16,23-24,26H,1,6-7,12-13,30-32H2,2-4H3,(H,34,38). The molecule has 1 aliphatic carbocycles. The van der Waals surface area contributed by atoms with E-state index < -0.39 is 22.7 Å². The van der Waals surface area contributed by atoms with Gasteiger partial charge in [-0.15, -0.1) is 11.8 Å². The number of ketones is 1. The molecule has 2 aromatic rings. The van der Waals surface area contributed by atoms with Crippen LogP contribution in [-0.2, 0) is 19.9 Å². The van der Waals surface area contributed by atoms with Crippen LogP contribution in [0.25, 0.3) is 0 Å². The fourth-order valence-electron chi connectivity index (χ4n) is 6.16. The van der Waals surface area contributed by atoms with Crippen molar-refractivity contribution in [2.45, 2.75) is 73.4 Å². The smallest absolute Gasteiger partial charge is 0.246 e. The Morgan fingerprint density at radius 2 is 2.00 bits per heavy atom. The van der Waals surface area contributed by atoms with E-state index in [2.05, 4.69) is 16.9 Å². The van der Waals surface area contributed by atoms with Crippen LogP contribution in [0, 0.1) is 6.92 Å². The van der Waals surface area contributed by atoms with Crippen LogP contribution in [0.5, 0.6) is 5.88 Å². The van der Waals surface area contributed by atoms with Crippen molar-refractivity contribution in [2.24, 2.45) is 11.5 Å². The van der Waals surface area contributed by atoms with Crippen molar-refractivity contribution in [3.05, 3.63) is 59.3 Å². The van der Waals surface area contributed by atoms with Crippen LogP contribution >= 0.6 is 11.8 Å². The average molecular weight is 565 g/mol. The molecule has 2 aliphatic heterocycles. The van der Waals surface area contributed by atoms with E-state index in [0.717, 1.165) is 23.3 Å². The van der Waals surface area contributed by atoms with Gasteiger partial charge in [0.15, 0.2) is 5.78 Å². The zero-order valence-electron chi connectivity index (χ0n) is 23.0. The molecule has 3 heterocycles. The number of aromatic nitrogens is 1. The largest absolute Gasteiger partial charge is 0.475 e. The topological polar surface area (TPSA) is 167 Å². The van der Waals surface area contributed by atoms with Crippen molar-refractivity contribution in [3.8, 4) is 5.88 Å². The Labute approximate surface area is 238 Å². The highest BCUT2D eigenvalue weighted by atomic mass is 32.2. The lowest BCUT2D eigenvalue weighted by Crippen LogP contribution is -2.61. The zero-order chi connectivity index (χ0) is 28.9. The molecule has 0 spiro atoms. The van der Waals surface area contributed by atoms with E-state index in [1.165, 1.54) is 17.8 Å². The molecule has 1 aromatic heterocycles. The predicted octanol–water partition coefficient (Wildman–Crippen LogP) is 1.72. The molecule has 5 rings (SSSR count). The number of anilines is 1. The van der Waals surface area contributed by atoms with Gasteiger partial charge in [-0.25, -0.2) is 4.98 Å². The number of ether oxygens (including phenoxy) is 1. The Morgan fingerprint density at radius 3 is 2.67 bits per heavy atom. The first-order chi connectivity index (χ1) is 19.0. The summed E-state index contributed by atoms with van der Waals surface area (Å²) in [6, 6.07) is 5.71. The van der Waals surface area contributed by atoms with Gasteiger partial charge in [0.1, 0.15) is 5.54 Å². The highest BCUT2D eigenvalue weighted by molar-refractivity contribution is 8.01. The van der Waals surface area contributed by atoms with Crippen molar-refractivity contribution >= 4 is 35.0 Å². The lowest BCUT2D eigenvalue weighted by Gasteiger charge is -2.42. The summed E-state index contributed by atoms with van der Waals surface area (Å²) in [6.45, 7) is 10.2. The molecule has 1 aromatic carbocycles. The van der Waals surface area contributed by atoms with Crippen molar-refractivity contribution in [3.63, 3.8) is 0 Å². The average Bonchev–Trinajstić information content (AvgIpc) is 3.33. The van der Waals surface area contributed by atoms with Gasteiger partial charge >= 0.3 is 0 Å². The number of nitrogens with one attached hydrogen (secondary N) is 1. The second-order valence-corrected chi connectivity index (χ2v) is 12.1. The number of nitrogens with two attached hydrogens (primary N) is 3. The third-order valence-electron chi connectivity index (χ3n) is 7.99. The van der Waals surface area contributed by atoms with Gasteiger partial charge in [0.05, 0.1) is 17.4 Å². The molecule has 212 valence electrons. The third kappa shape index (κ3) is 4.55. The van der Waals surface area contributed by atoms with Gasteiger partial charge in [-0.1, -0.05) is 12.6 Å². The van der Waals surface area contributed by atoms with Crippen molar-refractivity contribution in [1.29, 1.82) is 0 Å². The molecule has 10 nitrogen and oxygen atoms in total. The fraction of sp³-hybridized carbons (Fsp3) is 0.448. The van der Waals surface area contributed by atoms with Gasteiger partial charge in [-0.3, -0.25) is 14.4 Å². The number of amides is 2. The molecule has 7 N–H and O–H groups in total. The first-order valence-corrected chi connectivity index (χ1v) is 14.4. The summed E-state index contributed by atoms with van der Waals surface area (Å²) >= 11 is 1.32. The van der Waals surface area contributed by atoms with E-state index in [4.69, 9.17) is 21.9 Å². The zero-order valence-corrected chi connectivity index (χ0v) is 23.8. The summed E-state index contributed by atoms with van der Waals surface area (Å²) in [5.41, 5.74) is 21.4. The number of carbonyl (C=O) groups excluding carboxylic acids is 3. The molecule has 3 aliphatic rings. The van der Waals surface area contributed by atoms with E-state index >= 15 is 0 Å². The lowest BCUT2D eigenvalue weighted by molar-refractivity contribution is -0.129. The summed E-state index contributed by atoms with van der Waals surface area (Å²) in [6.07, 6.45) is 2.74. The number of Topliss-reactive ketones (excluding diaryl/α,β-unsaturated/α-hetero) is 1. The minimum absolute atomic E-state index is 0.0605. The van der Waals surface area contributed by atoms with Gasteiger partial charge in [0.2, 0.25) is 17.7 Å². The number of thioether (sulfide) groups is 1. The summed E-state index contributed by atoms with van der Waals surface area (Å²) < 4.78 is 5.73. The minimum Gasteiger partial charge on any atom is -0.475 e. The summed E-state index contributed by atoms with van der Waals surface area (Å²) in [5.74, 6) is -0.948. The number of nitrogen functional groups attached to an aromatic ring is 1. The Hall–Kier alpha value is -3.41. The maximum Gasteiger partial charge on any atom is 0.246 e. The summed E-state index contributed by atoms with van der Waals surface area (Å²) in [4.78, 5) is 46.8. The Kier molecular flexibility index (Phi) is 7.41. The van der Waals surface area contributed by atoms with Crippen LogP contribution in [0.2, 0.25) is 0 Å². The number of benzene rings is 1. The van der Waals surface area contributed by atoms with Crippen LogP contribution in [-0.4, -0.2) is 64.0 Å². The number of hydrogen-bond donors (Lipinski definition) is 4. The molecular weight excluding hydrogens is 528 g/mol. The monoisotopic (exact) mass is 564 g/mol. The van der Waals surface area contributed by atoms with E-state index in [9.17, 15) is 14.4 Å². The predicted molar refractivity (Wildman–Crippen MR) is 154 cm³/mol. The van der Waals surface area contributed by atoms with Crippen LogP contribution in [0.4, 0.5) is 5.69 Å². The van der Waals surface area contributed by atoms with Crippen molar-refractivity contribution in [2.75, 3.05) is 18.8 Å². The molecule has 5 unspecified atom stereocenters. The summed E-state index contributed by atoms with van der Waals surface area (Å²) in [5, 5.41) is 2.43. The number of hydrogen-bond acceptors (Lipinski definition) is 9. The molecule has 5 atom stereocenters. The van der Waals surface area contributed by atoms with E-state index in [1.54, 1.807) is 36.1 Å². The van der Waals surface area contributed by atoms with E-state index in [1.807, 2.05) is 13.8 Å². The van der Waals surface area contributed by atoms with Crippen molar-refractivity contribution < 1.29 is 19.1 Å². The SMILES string of the molecule is C=CC(=O)N1CCCC(NC(=O)C2Sc3c(N)ccc4c3C2C(N)C(=O)C4(N)c2ccc(OC(C)C)nc2C)C1. The Balaban J connectivity index is 1.49. The second kappa shape index (κ2) is 10.5. The van der Waals surface area contributed by atoms with Crippen LogP contribution < -0.4 is 27.3 Å². The van der Waals surface area contributed by atoms with Gasteiger partial charge in [0.25, 0.3) is 0 Å². The molecule has 0 bridgehead atoms. The number of carbonyl (C=O) groups is 3. The molecule has 11 heteroatoms. The molecule has 1 saturated heterocycles. The van der Waals surface area contributed by atoms with Crippen LogP contribution in [0.15, 0.2) is 41.8 Å². The molecule has 0 saturated carbocycles. The molecule has 2 amide bonds. The Bertz CT molecular complexity index is 1400. The van der Waals surface area contributed by atoms with Crippen LogP contribution in [0.1, 0.15) is 55.0 Å². The number of pyridine rings is 1. The quantitative estimate of drug-likeness (QED) is 0.302. The highest BCUT2D eigenvalue weighted by Gasteiger charge is 2.57. The van der Waals surface area contributed by atoms with E-state index in [-0.39, 0.29) is 29.7 Å². The van der Waals surface area contributed by atoms with Crippen molar-refractivity contribution in [1.82, 2.24) is 15.2 Å². The molecule has 1 fully saturated rings. The normalized spacial score (nSPS) is 27.4. The number of likely N-dealkylation sites (tertiary alicyclic amines) is 1. The maximum atomic E-state index is 14.1.